The number of anilines is 1. The smallest absolute Gasteiger partial charge is 0.303 e. The largest absolute Gasteiger partial charge is 0.481 e. The van der Waals surface area contributed by atoms with E-state index >= 15 is 0 Å². The van der Waals surface area contributed by atoms with Crippen molar-refractivity contribution in [3.8, 4) is 0 Å². The van der Waals surface area contributed by atoms with Gasteiger partial charge in [0.1, 0.15) is 5.82 Å². The van der Waals surface area contributed by atoms with Crippen molar-refractivity contribution < 1.29 is 14.7 Å². The number of aryl methyl sites for hydroxylation is 1. The molecule has 0 unspecified atom stereocenters. The Morgan fingerprint density at radius 1 is 1.41 bits per heavy atom. The molecule has 0 saturated carbocycles. The van der Waals surface area contributed by atoms with Crippen molar-refractivity contribution in [3.63, 3.8) is 0 Å². The molecule has 17 heavy (non-hydrogen) atoms. The Labute approximate surface area is 99.9 Å². The molecule has 1 aromatic heterocycles. The van der Waals surface area contributed by atoms with Crippen molar-refractivity contribution in [1.29, 1.82) is 0 Å². The van der Waals surface area contributed by atoms with E-state index in [1.807, 2.05) is 19.1 Å². The molecule has 0 fully saturated rings. The van der Waals surface area contributed by atoms with Crippen LogP contribution in [-0.4, -0.2) is 22.0 Å². The number of pyridine rings is 1. The van der Waals surface area contributed by atoms with E-state index < -0.39 is 5.97 Å². The topological polar surface area (TPSA) is 79.3 Å². The van der Waals surface area contributed by atoms with E-state index in [1.165, 1.54) is 0 Å². The highest BCUT2D eigenvalue weighted by Crippen LogP contribution is 2.08. The average Bonchev–Trinajstić information content (AvgIpc) is 2.28. The van der Waals surface area contributed by atoms with Crippen LogP contribution >= 0.6 is 0 Å². The fourth-order valence-electron chi connectivity index (χ4n) is 1.37. The van der Waals surface area contributed by atoms with E-state index in [9.17, 15) is 9.59 Å². The number of carboxylic acids is 1. The lowest BCUT2D eigenvalue weighted by atomic mass is 10.2. The van der Waals surface area contributed by atoms with Crippen LogP contribution in [0.2, 0.25) is 0 Å². The number of aliphatic carboxylic acids is 1. The van der Waals surface area contributed by atoms with Gasteiger partial charge < -0.3 is 10.4 Å². The molecule has 1 aromatic rings. The van der Waals surface area contributed by atoms with Gasteiger partial charge in [-0.1, -0.05) is 6.92 Å². The van der Waals surface area contributed by atoms with Gasteiger partial charge >= 0.3 is 5.97 Å². The highest BCUT2D eigenvalue weighted by Gasteiger charge is 2.05. The van der Waals surface area contributed by atoms with Crippen LogP contribution in [-0.2, 0) is 16.0 Å². The Kier molecular flexibility index (Phi) is 5.13. The van der Waals surface area contributed by atoms with Crippen molar-refractivity contribution in [3.05, 3.63) is 23.9 Å². The maximum absolute atomic E-state index is 11.4. The number of carbonyl (C=O) groups excluding carboxylic acids is 1. The molecule has 0 spiro atoms. The molecule has 0 saturated heterocycles. The number of hydrogen-bond acceptors (Lipinski definition) is 3. The van der Waals surface area contributed by atoms with Gasteiger partial charge in [-0.2, -0.15) is 0 Å². The first-order valence-electron chi connectivity index (χ1n) is 5.58. The Hall–Kier alpha value is -1.91. The monoisotopic (exact) mass is 236 g/mol. The molecule has 0 aromatic carbocycles. The molecule has 5 heteroatoms. The Morgan fingerprint density at radius 2 is 2.18 bits per heavy atom. The first kappa shape index (κ1) is 13.2. The van der Waals surface area contributed by atoms with Crippen molar-refractivity contribution >= 4 is 17.7 Å². The molecule has 0 aliphatic carbocycles. The number of amides is 1. The van der Waals surface area contributed by atoms with E-state index in [2.05, 4.69) is 10.3 Å². The summed E-state index contributed by atoms with van der Waals surface area (Å²) in [4.78, 5) is 25.8. The summed E-state index contributed by atoms with van der Waals surface area (Å²) in [6.07, 6.45) is 3.07. The van der Waals surface area contributed by atoms with E-state index in [1.54, 1.807) is 6.20 Å². The van der Waals surface area contributed by atoms with Crippen LogP contribution < -0.4 is 5.32 Å². The number of hydrogen-bond donors (Lipinski definition) is 2. The summed E-state index contributed by atoms with van der Waals surface area (Å²) in [5.41, 5.74) is 1.10. The van der Waals surface area contributed by atoms with E-state index in [4.69, 9.17) is 5.11 Å². The van der Waals surface area contributed by atoms with Crippen LogP contribution in [0.5, 0.6) is 0 Å². The summed E-state index contributed by atoms with van der Waals surface area (Å²) < 4.78 is 0. The minimum atomic E-state index is -0.885. The minimum Gasteiger partial charge on any atom is -0.481 e. The predicted molar refractivity (Wildman–Crippen MR) is 63.7 cm³/mol. The summed E-state index contributed by atoms with van der Waals surface area (Å²) in [6, 6.07) is 3.70. The fourth-order valence-corrected chi connectivity index (χ4v) is 1.37. The van der Waals surface area contributed by atoms with Gasteiger partial charge in [0.05, 0.1) is 0 Å². The zero-order chi connectivity index (χ0) is 12.7. The maximum Gasteiger partial charge on any atom is 0.303 e. The second kappa shape index (κ2) is 6.62. The lowest BCUT2D eigenvalue weighted by Gasteiger charge is -2.04. The number of aromatic nitrogens is 1. The van der Waals surface area contributed by atoms with Crippen LogP contribution in [0.15, 0.2) is 18.3 Å². The SMILES string of the molecule is CCc1ccnc(NC(=O)CCCC(=O)O)c1. The molecule has 0 bridgehead atoms. The van der Waals surface area contributed by atoms with E-state index in [-0.39, 0.29) is 18.7 Å². The number of nitrogens with zero attached hydrogens (tertiary/aromatic N) is 1. The fraction of sp³-hybridized carbons (Fsp3) is 0.417. The third-order valence-electron chi connectivity index (χ3n) is 2.29. The van der Waals surface area contributed by atoms with Crippen molar-refractivity contribution in [2.24, 2.45) is 0 Å². The zero-order valence-corrected chi connectivity index (χ0v) is 9.77. The molecule has 2 N–H and O–H groups in total. The van der Waals surface area contributed by atoms with Gasteiger partial charge in [0.2, 0.25) is 5.91 Å². The minimum absolute atomic E-state index is 0.00977. The van der Waals surface area contributed by atoms with Crippen molar-refractivity contribution in [2.45, 2.75) is 32.6 Å². The number of carboxylic acid groups (broad SMARTS) is 1. The summed E-state index contributed by atoms with van der Waals surface area (Å²) in [5.74, 6) is -0.569. The first-order valence-corrected chi connectivity index (χ1v) is 5.58. The number of carbonyl (C=O) groups is 2. The second-order valence-corrected chi connectivity index (χ2v) is 3.70. The first-order chi connectivity index (χ1) is 8.11. The van der Waals surface area contributed by atoms with Crippen LogP contribution in [0, 0.1) is 0 Å². The molecular formula is C12H16N2O3. The van der Waals surface area contributed by atoms with E-state index in [0.29, 0.717) is 12.2 Å². The van der Waals surface area contributed by atoms with Gasteiger partial charge in [0, 0.05) is 19.0 Å². The van der Waals surface area contributed by atoms with Crippen LogP contribution in [0.4, 0.5) is 5.82 Å². The molecule has 1 rings (SSSR count). The quantitative estimate of drug-likeness (QED) is 0.789. The lowest BCUT2D eigenvalue weighted by molar-refractivity contribution is -0.137. The van der Waals surface area contributed by atoms with E-state index in [0.717, 1.165) is 12.0 Å². The molecule has 92 valence electrons. The summed E-state index contributed by atoms with van der Waals surface area (Å²) in [6.45, 7) is 2.02. The highest BCUT2D eigenvalue weighted by molar-refractivity contribution is 5.89. The van der Waals surface area contributed by atoms with Gasteiger partial charge in [0.25, 0.3) is 0 Å². The third kappa shape index (κ3) is 5.10. The summed E-state index contributed by atoms with van der Waals surface area (Å²) >= 11 is 0. The van der Waals surface area contributed by atoms with Gasteiger partial charge in [-0.25, -0.2) is 4.98 Å². The van der Waals surface area contributed by atoms with Crippen LogP contribution in [0.1, 0.15) is 31.7 Å². The highest BCUT2D eigenvalue weighted by atomic mass is 16.4. The van der Waals surface area contributed by atoms with Gasteiger partial charge in [-0.15, -0.1) is 0 Å². The molecule has 0 atom stereocenters. The molecule has 0 radical (unpaired) electrons. The third-order valence-corrected chi connectivity index (χ3v) is 2.29. The second-order valence-electron chi connectivity index (χ2n) is 3.70. The number of rotatable bonds is 6. The Balaban J connectivity index is 2.42. The summed E-state index contributed by atoms with van der Waals surface area (Å²) in [7, 11) is 0. The molecule has 1 heterocycles. The predicted octanol–water partition coefficient (Wildman–Crippen LogP) is 1.84. The maximum atomic E-state index is 11.4. The lowest BCUT2D eigenvalue weighted by Crippen LogP contribution is -2.13. The molecule has 5 nitrogen and oxygen atoms in total. The molecule has 0 aliphatic rings. The molecule has 1 amide bonds. The van der Waals surface area contributed by atoms with Crippen LogP contribution in [0.3, 0.4) is 0 Å². The van der Waals surface area contributed by atoms with Gasteiger partial charge in [0.15, 0.2) is 0 Å². The van der Waals surface area contributed by atoms with Gasteiger partial charge in [-0.05, 0) is 30.5 Å². The molecular weight excluding hydrogens is 220 g/mol. The van der Waals surface area contributed by atoms with Crippen LogP contribution in [0.25, 0.3) is 0 Å². The standard InChI is InChI=1S/C12H16N2O3/c1-2-9-6-7-13-10(8-9)14-11(15)4-3-5-12(16)17/h6-8H,2-5H2,1H3,(H,16,17)(H,13,14,15). The Bertz CT molecular complexity index is 404. The molecule has 0 aliphatic heterocycles. The zero-order valence-electron chi connectivity index (χ0n) is 9.77. The average molecular weight is 236 g/mol. The Morgan fingerprint density at radius 3 is 2.82 bits per heavy atom. The normalized spacial score (nSPS) is 9.94. The number of nitrogens with one attached hydrogen (secondary N) is 1. The van der Waals surface area contributed by atoms with Gasteiger partial charge in [-0.3, -0.25) is 9.59 Å². The van der Waals surface area contributed by atoms with Crippen molar-refractivity contribution in [2.75, 3.05) is 5.32 Å². The van der Waals surface area contributed by atoms with Crippen molar-refractivity contribution in [1.82, 2.24) is 4.98 Å². The summed E-state index contributed by atoms with van der Waals surface area (Å²) in [5, 5.41) is 11.1.